The average Bonchev–Trinajstić information content (AvgIpc) is 2.97. The zero-order chi connectivity index (χ0) is 22.7. The highest BCUT2D eigenvalue weighted by Crippen LogP contribution is 2.28. The first kappa shape index (κ1) is 22.8. The monoisotopic (exact) mass is 471 g/mol. The summed E-state index contributed by atoms with van der Waals surface area (Å²) in [7, 11) is -3.63. The number of rotatable bonds is 6. The lowest BCUT2D eigenvalue weighted by atomic mass is 10.1. The number of nitrogens with zero attached hydrogens (tertiary/aromatic N) is 1. The minimum absolute atomic E-state index is 0.260. The highest BCUT2D eigenvalue weighted by molar-refractivity contribution is 7.89. The van der Waals surface area contributed by atoms with E-state index in [-0.39, 0.29) is 6.54 Å². The topological polar surface area (TPSA) is 55.8 Å². The Balaban J connectivity index is 1.49. The van der Waals surface area contributed by atoms with Crippen LogP contribution in [0.1, 0.15) is 27.8 Å². The molecule has 4 rings (SSSR count). The second-order valence-corrected chi connectivity index (χ2v) is 10.4. The van der Waals surface area contributed by atoms with Gasteiger partial charge >= 0.3 is 0 Å². The van der Waals surface area contributed by atoms with Crippen LogP contribution in [-0.2, 0) is 34.5 Å². The van der Waals surface area contributed by atoms with Gasteiger partial charge in [0.15, 0.2) is 0 Å². The molecule has 0 radical (unpaired) electrons. The Morgan fingerprint density at radius 1 is 0.938 bits per heavy atom. The van der Waals surface area contributed by atoms with E-state index < -0.39 is 10.0 Å². The molecule has 0 bridgehead atoms. The first-order chi connectivity index (χ1) is 15.3. The van der Waals surface area contributed by atoms with Crippen molar-refractivity contribution in [2.45, 2.75) is 38.5 Å². The molecule has 1 heterocycles. The van der Waals surface area contributed by atoms with Crippen LogP contribution in [0, 0.1) is 13.8 Å². The van der Waals surface area contributed by atoms with Crippen molar-refractivity contribution in [1.29, 1.82) is 0 Å². The van der Waals surface area contributed by atoms with E-state index in [0.29, 0.717) is 42.0 Å². The Hall–Kier alpha value is -2.38. The van der Waals surface area contributed by atoms with E-state index in [9.17, 15) is 8.42 Å². The molecule has 0 saturated heterocycles. The lowest BCUT2D eigenvalue weighted by Crippen LogP contribution is -2.32. The third-order valence-corrected chi connectivity index (χ3v) is 7.43. The Morgan fingerprint density at radius 3 is 2.31 bits per heavy atom. The van der Waals surface area contributed by atoms with Crippen LogP contribution < -0.4 is 4.74 Å². The van der Waals surface area contributed by atoms with Gasteiger partial charge in [-0.05, 0) is 72.5 Å². The van der Waals surface area contributed by atoms with Crippen LogP contribution in [0.5, 0.6) is 5.75 Å². The average molecular weight is 472 g/mol. The zero-order valence-corrected chi connectivity index (χ0v) is 19.7. The van der Waals surface area contributed by atoms with E-state index in [2.05, 4.69) is 0 Å². The van der Waals surface area contributed by atoms with E-state index in [4.69, 9.17) is 21.1 Å². The lowest BCUT2D eigenvalue weighted by molar-refractivity contribution is 0.107. The second-order valence-electron chi connectivity index (χ2n) is 8.07. The van der Waals surface area contributed by atoms with Crippen molar-refractivity contribution in [3.8, 4) is 5.75 Å². The fraction of sp³-hybridized carbons (Fsp3) is 0.280. The summed E-state index contributed by atoms with van der Waals surface area (Å²) in [4.78, 5) is 0.320. The van der Waals surface area contributed by atoms with Gasteiger partial charge in [-0.3, -0.25) is 0 Å². The van der Waals surface area contributed by atoms with Crippen molar-refractivity contribution in [3.05, 3.63) is 93.5 Å². The maximum atomic E-state index is 13.3. The van der Waals surface area contributed by atoms with Crippen LogP contribution in [0.25, 0.3) is 0 Å². The number of hydrogen-bond acceptors (Lipinski definition) is 4. The molecule has 0 unspecified atom stereocenters. The Morgan fingerprint density at radius 2 is 1.59 bits per heavy atom. The molecule has 0 atom stereocenters. The van der Waals surface area contributed by atoms with E-state index in [1.165, 1.54) is 4.31 Å². The second kappa shape index (κ2) is 9.63. The van der Waals surface area contributed by atoms with Gasteiger partial charge in [-0.15, -0.1) is 0 Å². The van der Waals surface area contributed by atoms with Crippen LogP contribution in [-0.4, -0.2) is 25.9 Å². The lowest BCUT2D eigenvalue weighted by Gasteiger charge is -2.20. The number of aryl methyl sites for hydroxylation is 2. The van der Waals surface area contributed by atoms with Gasteiger partial charge in [0.25, 0.3) is 0 Å². The first-order valence-corrected chi connectivity index (χ1v) is 12.3. The van der Waals surface area contributed by atoms with Crippen molar-refractivity contribution < 1.29 is 17.9 Å². The number of halogens is 1. The van der Waals surface area contributed by atoms with E-state index in [1.54, 1.807) is 12.1 Å². The molecule has 32 heavy (non-hydrogen) atoms. The normalized spacial score (nSPS) is 14.5. The Kier molecular flexibility index (Phi) is 6.86. The number of fused-ring (bicyclic) bond motifs is 1. The molecule has 7 heteroatoms. The Bertz CT molecular complexity index is 1190. The Labute approximate surface area is 194 Å². The number of hydrogen-bond donors (Lipinski definition) is 0. The molecular weight excluding hydrogens is 446 g/mol. The van der Waals surface area contributed by atoms with Gasteiger partial charge in [0.2, 0.25) is 10.0 Å². The van der Waals surface area contributed by atoms with E-state index in [1.807, 2.05) is 62.4 Å². The molecule has 1 aliphatic rings. The van der Waals surface area contributed by atoms with Crippen LogP contribution in [0.4, 0.5) is 0 Å². The number of sulfonamides is 1. The van der Waals surface area contributed by atoms with Gasteiger partial charge in [-0.25, -0.2) is 8.42 Å². The number of benzene rings is 3. The van der Waals surface area contributed by atoms with Crippen LogP contribution in [0.2, 0.25) is 5.02 Å². The smallest absolute Gasteiger partial charge is 0.243 e. The van der Waals surface area contributed by atoms with Crippen LogP contribution in [0.15, 0.2) is 65.6 Å². The van der Waals surface area contributed by atoms with Crippen molar-refractivity contribution in [2.24, 2.45) is 0 Å². The molecule has 168 valence electrons. The summed E-state index contributed by atoms with van der Waals surface area (Å²) in [5.41, 5.74) is 4.69. The van der Waals surface area contributed by atoms with E-state index in [0.717, 1.165) is 27.8 Å². The highest BCUT2D eigenvalue weighted by atomic mass is 35.5. The first-order valence-electron chi connectivity index (χ1n) is 10.5. The predicted octanol–water partition coefficient (Wildman–Crippen LogP) is 5.26. The molecule has 0 aromatic heterocycles. The molecule has 3 aromatic carbocycles. The molecule has 0 saturated carbocycles. The zero-order valence-electron chi connectivity index (χ0n) is 18.2. The standard InChI is InChI=1S/C25H26ClNO4S/c1-18-11-19(2)13-24(12-18)32(28,29)27-9-10-31-25-8-5-21(14-22(25)15-27)17-30-16-20-3-6-23(26)7-4-20/h3-8,11-14H,9-10,15-17H2,1-2H3. The summed E-state index contributed by atoms with van der Waals surface area (Å²) in [5, 5.41) is 0.694. The fourth-order valence-corrected chi connectivity index (χ4v) is 5.53. The van der Waals surface area contributed by atoms with Gasteiger partial charge in [0.1, 0.15) is 12.4 Å². The van der Waals surface area contributed by atoms with Gasteiger partial charge in [-0.2, -0.15) is 4.31 Å². The van der Waals surface area contributed by atoms with Crippen molar-refractivity contribution in [2.75, 3.05) is 13.2 Å². The molecule has 1 aliphatic heterocycles. The summed E-state index contributed by atoms with van der Waals surface area (Å²) in [6.45, 7) is 5.57. The summed E-state index contributed by atoms with van der Waals surface area (Å²) in [5.74, 6) is 0.713. The van der Waals surface area contributed by atoms with Crippen molar-refractivity contribution >= 4 is 21.6 Å². The summed E-state index contributed by atoms with van der Waals surface area (Å²) < 4.78 is 39.8. The summed E-state index contributed by atoms with van der Waals surface area (Å²) in [6, 6.07) is 18.8. The van der Waals surface area contributed by atoms with Crippen LogP contribution in [0.3, 0.4) is 0 Å². The third-order valence-electron chi connectivity index (χ3n) is 5.35. The molecule has 0 N–H and O–H groups in total. The summed E-state index contributed by atoms with van der Waals surface area (Å²) in [6.07, 6.45) is 0. The molecule has 5 nitrogen and oxygen atoms in total. The van der Waals surface area contributed by atoms with Gasteiger partial charge in [-0.1, -0.05) is 35.9 Å². The molecule has 0 fully saturated rings. The quantitative estimate of drug-likeness (QED) is 0.492. The van der Waals surface area contributed by atoms with Gasteiger partial charge < -0.3 is 9.47 Å². The molecule has 0 spiro atoms. The van der Waals surface area contributed by atoms with E-state index >= 15 is 0 Å². The van der Waals surface area contributed by atoms with Crippen LogP contribution >= 0.6 is 11.6 Å². The predicted molar refractivity (Wildman–Crippen MR) is 125 cm³/mol. The maximum Gasteiger partial charge on any atom is 0.243 e. The minimum atomic E-state index is -3.63. The minimum Gasteiger partial charge on any atom is -0.492 e. The molecule has 3 aromatic rings. The van der Waals surface area contributed by atoms with Gasteiger partial charge in [0, 0.05) is 23.7 Å². The maximum absolute atomic E-state index is 13.3. The third kappa shape index (κ3) is 5.33. The SMILES string of the molecule is Cc1cc(C)cc(S(=O)(=O)N2CCOc3ccc(COCc4ccc(Cl)cc4)cc3C2)c1. The molecule has 0 amide bonds. The highest BCUT2D eigenvalue weighted by Gasteiger charge is 2.28. The van der Waals surface area contributed by atoms with Gasteiger partial charge in [0.05, 0.1) is 18.1 Å². The fourth-order valence-electron chi connectivity index (χ4n) is 3.82. The van der Waals surface area contributed by atoms with Crippen molar-refractivity contribution in [1.82, 2.24) is 4.31 Å². The summed E-state index contributed by atoms with van der Waals surface area (Å²) >= 11 is 5.92. The largest absolute Gasteiger partial charge is 0.492 e. The molecule has 0 aliphatic carbocycles. The van der Waals surface area contributed by atoms with Crippen molar-refractivity contribution in [3.63, 3.8) is 0 Å². The molecular formula is C25H26ClNO4S. The number of ether oxygens (including phenoxy) is 2.